The summed E-state index contributed by atoms with van der Waals surface area (Å²) in [7, 11) is 3.64. The van der Waals surface area contributed by atoms with Gasteiger partial charge in [-0.2, -0.15) is 13.2 Å². The number of rotatable bonds is 7. The van der Waals surface area contributed by atoms with Crippen LogP contribution in [0.15, 0.2) is 18.3 Å². The zero-order valence-electron chi connectivity index (χ0n) is 17.8. The average Bonchev–Trinajstić information content (AvgIpc) is 3.52. The maximum Gasteiger partial charge on any atom is 0.433 e. The zero-order valence-corrected chi connectivity index (χ0v) is 17.8. The standard InChI is InChI=1S/C22H28F3N5O/c1-30(11-21(12-31-2)6-3-7-21)17-9-16(29-20(27)18(17)26)14-8-15(13-4-5-13)19(28-10-14)22(23,24)25/h8-10,13H,3-7,11-12,26H2,1-2H3,(H2,27,29). The second-order valence-electron chi connectivity index (χ2n) is 8.90. The smallest absolute Gasteiger partial charge is 0.394 e. The van der Waals surface area contributed by atoms with E-state index in [2.05, 4.69) is 9.97 Å². The number of pyridine rings is 2. The molecule has 0 aromatic carbocycles. The molecule has 6 nitrogen and oxygen atoms in total. The molecule has 2 fully saturated rings. The number of hydrogen-bond donors (Lipinski definition) is 2. The van der Waals surface area contributed by atoms with E-state index >= 15 is 0 Å². The molecule has 4 N–H and O–H groups in total. The molecule has 0 saturated heterocycles. The van der Waals surface area contributed by atoms with Crippen molar-refractivity contribution in [3.63, 3.8) is 0 Å². The number of ether oxygens (including phenoxy) is 1. The topological polar surface area (TPSA) is 90.3 Å². The number of nitrogens with two attached hydrogens (primary N) is 2. The molecule has 168 valence electrons. The van der Waals surface area contributed by atoms with Crippen molar-refractivity contribution in [3.8, 4) is 11.3 Å². The van der Waals surface area contributed by atoms with Gasteiger partial charge in [0.15, 0.2) is 0 Å². The van der Waals surface area contributed by atoms with Crippen LogP contribution in [0.5, 0.6) is 0 Å². The fourth-order valence-corrected chi connectivity index (χ4v) is 4.51. The summed E-state index contributed by atoms with van der Waals surface area (Å²) in [6.07, 6.45) is 1.53. The van der Waals surface area contributed by atoms with E-state index in [9.17, 15) is 13.2 Å². The molecule has 2 aliphatic rings. The van der Waals surface area contributed by atoms with Gasteiger partial charge in [0.2, 0.25) is 0 Å². The van der Waals surface area contributed by atoms with E-state index in [-0.39, 0.29) is 22.7 Å². The Kier molecular flexibility index (Phi) is 5.49. The molecule has 0 aliphatic heterocycles. The van der Waals surface area contributed by atoms with E-state index in [0.717, 1.165) is 38.6 Å². The van der Waals surface area contributed by atoms with Gasteiger partial charge in [-0.3, -0.25) is 4.98 Å². The lowest BCUT2D eigenvalue weighted by molar-refractivity contribution is -0.141. The van der Waals surface area contributed by atoms with Gasteiger partial charge in [-0.05, 0) is 49.3 Å². The third-order valence-electron chi connectivity index (χ3n) is 6.41. The quantitative estimate of drug-likeness (QED) is 0.668. The number of alkyl halides is 3. The second kappa shape index (κ2) is 7.85. The number of nitrogen functional groups attached to an aromatic ring is 2. The predicted molar refractivity (Wildman–Crippen MR) is 115 cm³/mol. The van der Waals surface area contributed by atoms with Crippen LogP contribution in [0.2, 0.25) is 0 Å². The maximum absolute atomic E-state index is 13.4. The van der Waals surface area contributed by atoms with Crippen LogP contribution in [0.25, 0.3) is 11.3 Å². The van der Waals surface area contributed by atoms with Crippen molar-refractivity contribution in [2.45, 2.75) is 44.2 Å². The van der Waals surface area contributed by atoms with Crippen LogP contribution < -0.4 is 16.4 Å². The number of methoxy groups -OCH3 is 1. The number of halogens is 3. The van der Waals surface area contributed by atoms with E-state index in [1.54, 1.807) is 19.2 Å². The Hall–Kier alpha value is -2.55. The first-order chi connectivity index (χ1) is 14.6. The molecule has 0 bridgehead atoms. The van der Waals surface area contributed by atoms with Gasteiger partial charge < -0.3 is 21.1 Å². The molecule has 9 heteroatoms. The number of nitrogens with zero attached hydrogens (tertiary/aromatic N) is 3. The molecule has 2 heterocycles. The number of aromatic nitrogens is 2. The Balaban J connectivity index is 1.69. The molecular weight excluding hydrogens is 407 g/mol. The van der Waals surface area contributed by atoms with E-state index in [4.69, 9.17) is 16.2 Å². The lowest BCUT2D eigenvalue weighted by Gasteiger charge is -2.44. The average molecular weight is 435 g/mol. The maximum atomic E-state index is 13.4. The molecule has 2 aromatic heterocycles. The van der Waals surface area contributed by atoms with E-state index in [0.29, 0.717) is 29.2 Å². The van der Waals surface area contributed by atoms with Gasteiger partial charge in [0.25, 0.3) is 0 Å². The molecule has 2 aromatic rings. The predicted octanol–water partition coefficient (Wildman–Crippen LogP) is 4.46. The molecule has 0 amide bonds. The van der Waals surface area contributed by atoms with Crippen LogP contribution in [0.3, 0.4) is 0 Å². The summed E-state index contributed by atoms with van der Waals surface area (Å²) in [6, 6.07) is 3.33. The molecule has 2 aliphatic carbocycles. The SMILES string of the molecule is COCC1(CN(C)c2cc(-c3cnc(C(F)(F)F)c(C4CC4)c3)nc(N)c2N)CCC1. The van der Waals surface area contributed by atoms with Gasteiger partial charge in [0.1, 0.15) is 11.5 Å². The van der Waals surface area contributed by atoms with Crippen molar-refractivity contribution in [3.05, 3.63) is 29.6 Å². The minimum atomic E-state index is -4.48. The fraction of sp³-hybridized carbons (Fsp3) is 0.545. The lowest BCUT2D eigenvalue weighted by atomic mass is 9.69. The summed E-state index contributed by atoms with van der Waals surface area (Å²) in [6.45, 7) is 1.41. The van der Waals surface area contributed by atoms with Crippen molar-refractivity contribution in [1.82, 2.24) is 9.97 Å². The van der Waals surface area contributed by atoms with Crippen LogP contribution >= 0.6 is 0 Å². The first-order valence-corrected chi connectivity index (χ1v) is 10.5. The monoisotopic (exact) mass is 435 g/mol. The van der Waals surface area contributed by atoms with Crippen LogP contribution in [0, 0.1) is 5.41 Å². The summed E-state index contributed by atoms with van der Waals surface area (Å²) in [5.41, 5.74) is 13.8. The third kappa shape index (κ3) is 4.28. The highest BCUT2D eigenvalue weighted by Gasteiger charge is 2.40. The summed E-state index contributed by atoms with van der Waals surface area (Å²) in [5.74, 6) is 0.0477. The van der Waals surface area contributed by atoms with Crippen molar-refractivity contribution >= 4 is 17.2 Å². The van der Waals surface area contributed by atoms with Gasteiger partial charge in [0, 0.05) is 37.9 Å². The molecule has 0 radical (unpaired) electrons. The van der Waals surface area contributed by atoms with Crippen molar-refractivity contribution < 1.29 is 17.9 Å². The molecule has 0 unspecified atom stereocenters. The largest absolute Gasteiger partial charge is 0.433 e. The first kappa shape index (κ1) is 21.7. The van der Waals surface area contributed by atoms with Crippen LogP contribution in [0.4, 0.5) is 30.4 Å². The molecule has 0 spiro atoms. The fourth-order valence-electron chi connectivity index (χ4n) is 4.51. The van der Waals surface area contributed by atoms with Gasteiger partial charge in [-0.25, -0.2) is 4.98 Å². The molecule has 4 rings (SSSR count). The minimum absolute atomic E-state index is 0.0726. The van der Waals surface area contributed by atoms with Gasteiger partial charge in [-0.1, -0.05) is 6.42 Å². The normalized spacial score (nSPS) is 18.0. The van der Waals surface area contributed by atoms with Crippen LogP contribution in [-0.2, 0) is 10.9 Å². The van der Waals surface area contributed by atoms with E-state index in [1.165, 1.54) is 6.20 Å². The summed E-state index contributed by atoms with van der Waals surface area (Å²) in [4.78, 5) is 10.1. The second-order valence-corrected chi connectivity index (χ2v) is 8.90. The molecular formula is C22H28F3N5O. The van der Waals surface area contributed by atoms with Crippen molar-refractivity contribution in [2.24, 2.45) is 5.41 Å². The number of anilines is 3. The zero-order chi connectivity index (χ0) is 22.4. The Morgan fingerprint density at radius 2 is 1.94 bits per heavy atom. The molecule has 31 heavy (non-hydrogen) atoms. The van der Waals surface area contributed by atoms with Gasteiger partial charge in [-0.15, -0.1) is 0 Å². The van der Waals surface area contributed by atoms with E-state index < -0.39 is 11.9 Å². The Morgan fingerprint density at radius 1 is 1.23 bits per heavy atom. The van der Waals surface area contributed by atoms with Gasteiger partial charge in [0.05, 0.1) is 23.7 Å². The van der Waals surface area contributed by atoms with Crippen molar-refractivity contribution in [2.75, 3.05) is 43.7 Å². The van der Waals surface area contributed by atoms with Crippen molar-refractivity contribution in [1.29, 1.82) is 0 Å². The summed E-state index contributed by atoms with van der Waals surface area (Å²) in [5, 5.41) is 0. The lowest BCUT2D eigenvalue weighted by Crippen LogP contribution is -2.44. The van der Waals surface area contributed by atoms with Crippen LogP contribution in [0.1, 0.15) is 49.3 Å². The Labute approximate surface area is 179 Å². The third-order valence-corrected chi connectivity index (χ3v) is 6.41. The molecule has 2 saturated carbocycles. The highest BCUT2D eigenvalue weighted by molar-refractivity contribution is 5.82. The Bertz CT molecular complexity index is 970. The van der Waals surface area contributed by atoms with Crippen LogP contribution in [-0.4, -0.2) is 37.3 Å². The van der Waals surface area contributed by atoms with Gasteiger partial charge >= 0.3 is 6.18 Å². The van der Waals surface area contributed by atoms with E-state index in [1.807, 2.05) is 11.9 Å². The summed E-state index contributed by atoms with van der Waals surface area (Å²) < 4.78 is 45.6. The summed E-state index contributed by atoms with van der Waals surface area (Å²) >= 11 is 0. The first-order valence-electron chi connectivity index (χ1n) is 10.5. The Morgan fingerprint density at radius 3 is 2.48 bits per heavy atom. The highest BCUT2D eigenvalue weighted by Crippen LogP contribution is 2.47. The number of hydrogen-bond acceptors (Lipinski definition) is 6. The minimum Gasteiger partial charge on any atom is -0.394 e. The molecule has 0 atom stereocenters. The highest BCUT2D eigenvalue weighted by atomic mass is 19.4.